The number of hydrogen-bond donors (Lipinski definition) is 0. The third-order valence-corrected chi connectivity index (χ3v) is 3.60. The van der Waals surface area contributed by atoms with E-state index in [-0.39, 0.29) is 0 Å². The van der Waals surface area contributed by atoms with Crippen molar-refractivity contribution >= 4 is 0 Å². The highest BCUT2D eigenvalue weighted by Gasteiger charge is 2.19. The van der Waals surface area contributed by atoms with Crippen molar-refractivity contribution < 1.29 is 0 Å². The van der Waals surface area contributed by atoms with Crippen molar-refractivity contribution in [3.8, 4) is 0 Å². The van der Waals surface area contributed by atoms with Crippen LogP contribution in [0.4, 0.5) is 0 Å². The third kappa shape index (κ3) is 3.86. The van der Waals surface area contributed by atoms with E-state index >= 15 is 0 Å². The second-order valence-corrected chi connectivity index (χ2v) is 5.24. The predicted octanol–water partition coefficient (Wildman–Crippen LogP) is 4.62. The van der Waals surface area contributed by atoms with E-state index < -0.39 is 0 Å². The molecule has 14 heavy (non-hydrogen) atoms. The van der Waals surface area contributed by atoms with Crippen LogP contribution in [0.3, 0.4) is 0 Å². The van der Waals surface area contributed by atoms with Gasteiger partial charge in [-0.05, 0) is 43.9 Å². The molecule has 0 nitrogen and oxygen atoms in total. The van der Waals surface area contributed by atoms with Crippen molar-refractivity contribution in [2.24, 2.45) is 17.8 Å². The van der Waals surface area contributed by atoms with Gasteiger partial charge in [-0.2, -0.15) is 0 Å². The fourth-order valence-corrected chi connectivity index (χ4v) is 2.29. The molecule has 0 spiro atoms. The Hall–Kier alpha value is -0.260. The summed E-state index contributed by atoms with van der Waals surface area (Å²) in [6.45, 7) is 11.0. The first-order valence-electron chi connectivity index (χ1n) is 6.08. The lowest BCUT2D eigenvalue weighted by Gasteiger charge is -2.27. The van der Waals surface area contributed by atoms with Crippen LogP contribution in [0, 0.1) is 24.7 Å². The second-order valence-electron chi connectivity index (χ2n) is 5.24. The summed E-state index contributed by atoms with van der Waals surface area (Å²) >= 11 is 0. The molecule has 0 bridgehead atoms. The van der Waals surface area contributed by atoms with Gasteiger partial charge >= 0.3 is 0 Å². The molecule has 1 aliphatic carbocycles. The van der Waals surface area contributed by atoms with Gasteiger partial charge in [0.1, 0.15) is 0 Å². The lowest BCUT2D eigenvalue weighted by molar-refractivity contribution is 0.296. The van der Waals surface area contributed by atoms with Crippen LogP contribution >= 0.6 is 0 Å². The summed E-state index contributed by atoms with van der Waals surface area (Å²) in [4.78, 5) is 0. The van der Waals surface area contributed by atoms with Gasteiger partial charge < -0.3 is 0 Å². The Balaban J connectivity index is 2.28. The van der Waals surface area contributed by atoms with Gasteiger partial charge in [-0.15, -0.1) is 0 Å². The molecule has 1 radical (unpaired) electrons. The maximum absolute atomic E-state index is 4.06. The van der Waals surface area contributed by atoms with Crippen LogP contribution in [0.5, 0.6) is 0 Å². The Bertz CT molecular complexity index is 188. The Labute approximate surface area is 89.8 Å². The van der Waals surface area contributed by atoms with E-state index in [9.17, 15) is 0 Å². The van der Waals surface area contributed by atoms with E-state index in [1.165, 1.54) is 32.1 Å². The van der Waals surface area contributed by atoms with Crippen LogP contribution in [-0.2, 0) is 0 Å². The zero-order chi connectivity index (χ0) is 10.6. The molecule has 0 heterocycles. The average molecular weight is 193 g/mol. The van der Waals surface area contributed by atoms with E-state index in [2.05, 4.69) is 33.8 Å². The molecule has 0 fully saturated rings. The first-order chi connectivity index (χ1) is 6.59. The Morgan fingerprint density at radius 1 is 1.43 bits per heavy atom. The molecule has 3 unspecified atom stereocenters. The fourth-order valence-electron chi connectivity index (χ4n) is 2.29. The van der Waals surface area contributed by atoms with Gasteiger partial charge in [-0.25, -0.2) is 0 Å². The Morgan fingerprint density at radius 2 is 2.14 bits per heavy atom. The highest BCUT2D eigenvalue weighted by atomic mass is 14.2. The Morgan fingerprint density at radius 3 is 2.64 bits per heavy atom. The quantitative estimate of drug-likeness (QED) is 0.571. The molecule has 81 valence electrons. The monoisotopic (exact) mass is 193 g/mol. The molecule has 0 heteroatoms. The van der Waals surface area contributed by atoms with Gasteiger partial charge in [0.05, 0.1) is 0 Å². The normalized spacial score (nSPS) is 24.9. The summed E-state index contributed by atoms with van der Waals surface area (Å²) in [5, 5.41) is 0. The van der Waals surface area contributed by atoms with E-state index in [0.717, 1.165) is 11.8 Å². The lowest BCUT2D eigenvalue weighted by Crippen LogP contribution is -2.14. The summed E-state index contributed by atoms with van der Waals surface area (Å²) in [6, 6.07) is 0. The topological polar surface area (TPSA) is 0 Å². The minimum Gasteiger partial charge on any atom is -0.0853 e. The maximum atomic E-state index is 4.06. The molecule has 0 aromatic carbocycles. The molecule has 0 N–H and O–H groups in total. The predicted molar refractivity (Wildman–Crippen MR) is 64.0 cm³/mol. The van der Waals surface area contributed by atoms with Crippen molar-refractivity contribution in [3.05, 3.63) is 18.6 Å². The summed E-state index contributed by atoms with van der Waals surface area (Å²) in [5.41, 5.74) is 1.60. The number of hydrogen-bond acceptors (Lipinski definition) is 0. The van der Waals surface area contributed by atoms with Crippen molar-refractivity contribution in [3.63, 3.8) is 0 Å². The standard InChI is InChI=1S/C14H25/c1-11(2)5-8-13(4)14-9-6-12(3)7-10-14/h6,11,13-14H,1,5,7-10H2,2-4H3. The van der Waals surface area contributed by atoms with Crippen LogP contribution in [0.1, 0.15) is 52.9 Å². The van der Waals surface area contributed by atoms with Gasteiger partial charge in [0.2, 0.25) is 0 Å². The molecule has 0 saturated carbocycles. The van der Waals surface area contributed by atoms with Crippen molar-refractivity contribution in [2.75, 3.05) is 0 Å². The minimum atomic E-state index is 0.623. The van der Waals surface area contributed by atoms with Crippen LogP contribution in [0.2, 0.25) is 0 Å². The molecule has 0 aliphatic heterocycles. The molecule has 0 aromatic rings. The van der Waals surface area contributed by atoms with Gasteiger partial charge in [-0.3, -0.25) is 0 Å². The minimum absolute atomic E-state index is 0.623. The summed E-state index contributed by atoms with van der Waals surface area (Å²) in [6.07, 6.45) is 9.16. The molecule has 1 aliphatic rings. The van der Waals surface area contributed by atoms with E-state index in [4.69, 9.17) is 0 Å². The van der Waals surface area contributed by atoms with Crippen molar-refractivity contribution in [1.29, 1.82) is 0 Å². The summed E-state index contributed by atoms with van der Waals surface area (Å²) in [7, 11) is 0. The van der Waals surface area contributed by atoms with Crippen molar-refractivity contribution in [2.45, 2.75) is 52.9 Å². The van der Waals surface area contributed by atoms with E-state index in [1.54, 1.807) is 5.57 Å². The molecule has 3 atom stereocenters. The van der Waals surface area contributed by atoms with Gasteiger partial charge in [0.15, 0.2) is 0 Å². The van der Waals surface area contributed by atoms with E-state index in [0.29, 0.717) is 5.92 Å². The average Bonchev–Trinajstić information content (AvgIpc) is 2.15. The number of allylic oxidation sites excluding steroid dienone is 2. The van der Waals surface area contributed by atoms with Crippen molar-refractivity contribution in [1.82, 2.24) is 0 Å². The van der Waals surface area contributed by atoms with Crippen LogP contribution < -0.4 is 0 Å². The maximum Gasteiger partial charge on any atom is -0.0317 e. The number of rotatable bonds is 4. The van der Waals surface area contributed by atoms with Gasteiger partial charge in [-0.1, -0.05) is 45.3 Å². The van der Waals surface area contributed by atoms with Crippen LogP contribution in [0.15, 0.2) is 11.6 Å². The zero-order valence-corrected chi connectivity index (χ0v) is 10.1. The fraction of sp³-hybridized carbons (Fsp3) is 0.786. The Kier molecular flexibility index (Phi) is 4.71. The van der Waals surface area contributed by atoms with Gasteiger partial charge in [0.25, 0.3) is 0 Å². The highest BCUT2D eigenvalue weighted by Crippen LogP contribution is 2.31. The SMILES string of the molecule is [CH2]C(C)CCC(C)C1CC=C(C)CC1. The highest BCUT2D eigenvalue weighted by molar-refractivity contribution is 5.03. The molecular weight excluding hydrogens is 168 g/mol. The summed E-state index contributed by atoms with van der Waals surface area (Å²) < 4.78 is 0. The largest absolute Gasteiger partial charge is 0.0853 e. The van der Waals surface area contributed by atoms with Crippen LogP contribution in [0.25, 0.3) is 0 Å². The first kappa shape index (κ1) is 11.8. The van der Waals surface area contributed by atoms with E-state index in [1.807, 2.05) is 0 Å². The zero-order valence-electron chi connectivity index (χ0n) is 10.1. The van der Waals surface area contributed by atoms with Gasteiger partial charge in [0, 0.05) is 0 Å². The molecule has 0 saturated heterocycles. The third-order valence-electron chi connectivity index (χ3n) is 3.60. The smallest absolute Gasteiger partial charge is 0.0317 e. The molecule has 0 amide bonds. The first-order valence-corrected chi connectivity index (χ1v) is 6.08. The second kappa shape index (κ2) is 5.58. The lowest BCUT2D eigenvalue weighted by atomic mass is 9.79. The molecular formula is C14H25. The molecule has 1 rings (SSSR count). The summed E-state index contributed by atoms with van der Waals surface area (Å²) in [5.74, 6) is 2.46. The van der Waals surface area contributed by atoms with Crippen LogP contribution in [-0.4, -0.2) is 0 Å². The molecule has 0 aromatic heterocycles.